The van der Waals surface area contributed by atoms with Crippen molar-refractivity contribution in [1.82, 2.24) is 4.98 Å². The van der Waals surface area contributed by atoms with Gasteiger partial charge in [-0.1, -0.05) is 11.6 Å². The zero-order chi connectivity index (χ0) is 16.3. The summed E-state index contributed by atoms with van der Waals surface area (Å²) in [7, 11) is 0. The number of nitrogens with zero attached hydrogens (tertiary/aromatic N) is 1. The molecule has 2 rings (SSSR count). The standard InChI is InChI=1S/C15H15ClN2O4/c1-8-11(16)5-4-9-13(8)18-7-10(15(21)22)14(9)17-6-2-3-12(19)20/h4-5,7H,2-3,6H2,1H3,(H,17,18)(H,19,20)(H,21,22). The van der Waals surface area contributed by atoms with E-state index in [0.29, 0.717) is 34.6 Å². The predicted molar refractivity (Wildman–Crippen MR) is 83.8 cm³/mol. The second-order valence-electron chi connectivity index (χ2n) is 4.84. The summed E-state index contributed by atoms with van der Waals surface area (Å²) in [6.45, 7) is 2.17. The van der Waals surface area contributed by atoms with Crippen molar-refractivity contribution in [1.29, 1.82) is 0 Å². The summed E-state index contributed by atoms with van der Waals surface area (Å²) in [5.41, 5.74) is 1.87. The molecule has 0 aliphatic rings. The molecule has 0 saturated heterocycles. The first-order valence-corrected chi connectivity index (χ1v) is 7.06. The Morgan fingerprint density at radius 2 is 2.05 bits per heavy atom. The van der Waals surface area contributed by atoms with Gasteiger partial charge in [-0.25, -0.2) is 4.79 Å². The number of pyridine rings is 1. The van der Waals surface area contributed by atoms with E-state index in [1.54, 1.807) is 12.1 Å². The van der Waals surface area contributed by atoms with Gasteiger partial charge < -0.3 is 15.5 Å². The third-order valence-electron chi connectivity index (χ3n) is 3.33. The number of anilines is 1. The summed E-state index contributed by atoms with van der Waals surface area (Å²) < 4.78 is 0. The van der Waals surface area contributed by atoms with Gasteiger partial charge in [0.2, 0.25) is 0 Å². The van der Waals surface area contributed by atoms with Crippen LogP contribution in [0.2, 0.25) is 5.02 Å². The maximum absolute atomic E-state index is 11.4. The van der Waals surface area contributed by atoms with Crippen molar-refractivity contribution < 1.29 is 19.8 Å². The Labute approximate surface area is 131 Å². The molecule has 22 heavy (non-hydrogen) atoms. The number of hydrogen-bond donors (Lipinski definition) is 3. The Kier molecular flexibility index (Phi) is 4.82. The molecule has 1 aromatic carbocycles. The maximum Gasteiger partial charge on any atom is 0.339 e. The van der Waals surface area contributed by atoms with Crippen molar-refractivity contribution in [2.24, 2.45) is 0 Å². The average molecular weight is 323 g/mol. The molecule has 6 nitrogen and oxygen atoms in total. The molecule has 0 unspecified atom stereocenters. The molecule has 116 valence electrons. The predicted octanol–water partition coefficient (Wildman–Crippen LogP) is 3.17. The summed E-state index contributed by atoms with van der Waals surface area (Å²) in [6, 6.07) is 3.40. The molecule has 1 heterocycles. The topological polar surface area (TPSA) is 99.5 Å². The molecule has 7 heteroatoms. The van der Waals surface area contributed by atoms with E-state index >= 15 is 0 Å². The Bertz CT molecular complexity index is 746. The minimum absolute atomic E-state index is 0.0171. The fourth-order valence-corrected chi connectivity index (χ4v) is 2.34. The Morgan fingerprint density at radius 1 is 1.32 bits per heavy atom. The van der Waals surface area contributed by atoms with Gasteiger partial charge in [0.05, 0.1) is 11.2 Å². The number of fused-ring (bicyclic) bond motifs is 1. The van der Waals surface area contributed by atoms with E-state index in [2.05, 4.69) is 10.3 Å². The van der Waals surface area contributed by atoms with E-state index in [-0.39, 0.29) is 12.0 Å². The van der Waals surface area contributed by atoms with Crippen molar-refractivity contribution in [3.05, 3.63) is 34.5 Å². The van der Waals surface area contributed by atoms with Crippen LogP contribution in [-0.4, -0.2) is 33.7 Å². The van der Waals surface area contributed by atoms with E-state index < -0.39 is 11.9 Å². The first-order valence-electron chi connectivity index (χ1n) is 6.68. The van der Waals surface area contributed by atoms with Gasteiger partial charge >= 0.3 is 11.9 Å². The van der Waals surface area contributed by atoms with Crippen LogP contribution in [0.1, 0.15) is 28.8 Å². The number of rotatable bonds is 6. The Morgan fingerprint density at radius 3 is 2.68 bits per heavy atom. The monoisotopic (exact) mass is 322 g/mol. The summed E-state index contributed by atoms with van der Waals surface area (Å²) >= 11 is 6.06. The maximum atomic E-state index is 11.4. The molecule has 0 aliphatic heterocycles. The van der Waals surface area contributed by atoms with E-state index in [1.165, 1.54) is 6.20 Å². The molecule has 0 saturated carbocycles. The number of aryl methyl sites for hydroxylation is 1. The highest BCUT2D eigenvalue weighted by molar-refractivity contribution is 6.32. The molecule has 0 amide bonds. The second-order valence-corrected chi connectivity index (χ2v) is 5.25. The van der Waals surface area contributed by atoms with Gasteiger partial charge in [0, 0.05) is 29.6 Å². The zero-order valence-electron chi connectivity index (χ0n) is 11.9. The van der Waals surface area contributed by atoms with Gasteiger partial charge in [-0.2, -0.15) is 0 Å². The van der Waals surface area contributed by atoms with Crippen LogP contribution in [0.15, 0.2) is 18.3 Å². The number of aromatic nitrogens is 1. The SMILES string of the molecule is Cc1c(Cl)ccc2c(NCCCC(=O)O)c(C(=O)O)cnc12. The van der Waals surface area contributed by atoms with Gasteiger partial charge in [0.1, 0.15) is 5.56 Å². The molecule has 1 aromatic heterocycles. The highest BCUT2D eigenvalue weighted by Gasteiger charge is 2.16. The number of aromatic carboxylic acids is 1. The van der Waals surface area contributed by atoms with Crippen LogP contribution in [-0.2, 0) is 4.79 Å². The van der Waals surface area contributed by atoms with Gasteiger partial charge in [0.15, 0.2) is 0 Å². The zero-order valence-corrected chi connectivity index (χ0v) is 12.6. The summed E-state index contributed by atoms with van der Waals surface area (Å²) in [5, 5.41) is 22.2. The Balaban J connectivity index is 2.43. The highest BCUT2D eigenvalue weighted by Crippen LogP contribution is 2.31. The van der Waals surface area contributed by atoms with Crippen LogP contribution in [0, 0.1) is 6.92 Å². The lowest BCUT2D eigenvalue weighted by Gasteiger charge is -2.13. The van der Waals surface area contributed by atoms with Crippen LogP contribution < -0.4 is 5.32 Å². The first kappa shape index (κ1) is 16.0. The molecule has 0 atom stereocenters. The average Bonchev–Trinajstić information content (AvgIpc) is 2.46. The highest BCUT2D eigenvalue weighted by atomic mass is 35.5. The number of halogens is 1. The van der Waals surface area contributed by atoms with Crippen molar-refractivity contribution >= 4 is 40.1 Å². The molecule has 0 aliphatic carbocycles. The van der Waals surface area contributed by atoms with Crippen LogP contribution in [0.25, 0.3) is 10.9 Å². The minimum atomic E-state index is -1.09. The van der Waals surface area contributed by atoms with Crippen LogP contribution in [0.3, 0.4) is 0 Å². The summed E-state index contributed by atoms with van der Waals surface area (Å²) in [6.07, 6.45) is 1.70. The lowest BCUT2D eigenvalue weighted by Crippen LogP contribution is -2.10. The molecule has 2 aromatic rings. The molecule has 0 spiro atoms. The smallest absolute Gasteiger partial charge is 0.339 e. The molecule has 0 bridgehead atoms. The van der Waals surface area contributed by atoms with Gasteiger partial charge in [-0.3, -0.25) is 9.78 Å². The number of hydrogen-bond acceptors (Lipinski definition) is 4. The van der Waals surface area contributed by atoms with Crippen molar-refractivity contribution in [3.8, 4) is 0 Å². The largest absolute Gasteiger partial charge is 0.481 e. The molecular weight excluding hydrogens is 308 g/mol. The third-order valence-corrected chi connectivity index (χ3v) is 3.74. The van der Waals surface area contributed by atoms with Crippen LogP contribution >= 0.6 is 11.6 Å². The van der Waals surface area contributed by atoms with Crippen molar-refractivity contribution in [2.75, 3.05) is 11.9 Å². The molecule has 0 radical (unpaired) electrons. The normalized spacial score (nSPS) is 10.6. The second kappa shape index (κ2) is 6.62. The van der Waals surface area contributed by atoms with Gasteiger partial charge in [-0.15, -0.1) is 0 Å². The third kappa shape index (κ3) is 3.28. The van der Waals surface area contributed by atoms with Crippen molar-refractivity contribution in [2.45, 2.75) is 19.8 Å². The number of carboxylic acid groups (broad SMARTS) is 2. The van der Waals surface area contributed by atoms with Crippen LogP contribution in [0.5, 0.6) is 0 Å². The van der Waals surface area contributed by atoms with E-state index in [9.17, 15) is 14.7 Å². The molecule has 3 N–H and O–H groups in total. The summed E-state index contributed by atoms with van der Waals surface area (Å²) in [4.78, 5) is 26.1. The van der Waals surface area contributed by atoms with E-state index in [0.717, 1.165) is 5.56 Å². The number of benzene rings is 1. The molecular formula is C15H15ClN2O4. The van der Waals surface area contributed by atoms with E-state index in [4.69, 9.17) is 16.7 Å². The fourth-order valence-electron chi connectivity index (χ4n) is 2.19. The minimum Gasteiger partial charge on any atom is -0.481 e. The lowest BCUT2D eigenvalue weighted by molar-refractivity contribution is -0.137. The first-order chi connectivity index (χ1) is 10.4. The van der Waals surface area contributed by atoms with E-state index in [1.807, 2.05) is 6.92 Å². The Hall–Kier alpha value is -2.34. The van der Waals surface area contributed by atoms with Gasteiger partial charge in [0.25, 0.3) is 0 Å². The summed E-state index contributed by atoms with van der Waals surface area (Å²) in [5.74, 6) is -1.98. The van der Waals surface area contributed by atoms with Gasteiger partial charge in [-0.05, 0) is 31.0 Å². The number of carbonyl (C=O) groups is 2. The van der Waals surface area contributed by atoms with Crippen LogP contribution in [0.4, 0.5) is 5.69 Å². The molecule has 0 fully saturated rings. The fraction of sp³-hybridized carbons (Fsp3) is 0.267. The number of nitrogens with one attached hydrogen (secondary N) is 1. The van der Waals surface area contributed by atoms with Crippen molar-refractivity contribution in [3.63, 3.8) is 0 Å². The number of aliphatic carboxylic acids is 1. The number of carboxylic acids is 2. The quantitative estimate of drug-likeness (QED) is 0.706. The lowest BCUT2D eigenvalue weighted by atomic mass is 10.1.